The van der Waals surface area contributed by atoms with Gasteiger partial charge in [0.1, 0.15) is 5.75 Å². The van der Waals surface area contributed by atoms with Gasteiger partial charge in [0.15, 0.2) is 0 Å². The number of nitrogens with one attached hydrogen (secondary N) is 1. The van der Waals surface area contributed by atoms with Gasteiger partial charge in [-0.2, -0.15) is 0 Å². The van der Waals surface area contributed by atoms with Crippen LogP contribution in [0, 0.1) is 12.3 Å². The first-order chi connectivity index (χ1) is 7.21. The first-order valence-electron chi connectivity index (χ1n) is 5.02. The van der Waals surface area contributed by atoms with Gasteiger partial charge in [0.25, 0.3) is 0 Å². The highest BCUT2D eigenvalue weighted by Gasteiger charge is 2.21. The van der Waals surface area contributed by atoms with Crippen molar-refractivity contribution in [3.63, 3.8) is 0 Å². The molecular weight excluding hydrogens is 270 g/mol. The van der Waals surface area contributed by atoms with E-state index in [0.29, 0.717) is 10.2 Å². The molecule has 88 valence electrons. The Bertz CT molecular complexity index is 399. The van der Waals surface area contributed by atoms with Crippen molar-refractivity contribution in [3.8, 4) is 5.75 Å². The maximum absolute atomic E-state index is 11.8. The van der Waals surface area contributed by atoms with Crippen molar-refractivity contribution in [2.75, 3.05) is 5.32 Å². The Morgan fingerprint density at radius 3 is 2.38 bits per heavy atom. The van der Waals surface area contributed by atoms with Crippen LogP contribution in [0.1, 0.15) is 26.3 Å². The quantitative estimate of drug-likeness (QED) is 0.777. The molecule has 4 heteroatoms. The predicted molar refractivity (Wildman–Crippen MR) is 68.6 cm³/mol. The van der Waals surface area contributed by atoms with Crippen LogP contribution in [0.2, 0.25) is 0 Å². The van der Waals surface area contributed by atoms with Crippen LogP contribution < -0.4 is 5.32 Å². The Morgan fingerprint density at radius 2 is 1.94 bits per heavy atom. The molecule has 1 amide bonds. The highest BCUT2D eigenvalue weighted by molar-refractivity contribution is 9.10. The summed E-state index contributed by atoms with van der Waals surface area (Å²) in [5.74, 6) is 0.151. The fraction of sp³-hybridized carbons (Fsp3) is 0.417. The SMILES string of the molecule is Cc1cc(NC(=O)C(C)(C)C)cc(Br)c1O. The Morgan fingerprint density at radius 1 is 1.38 bits per heavy atom. The van der Waals surface area contributed by atoms with Gasteiger partial charge in [0, 0.05) is 11.1 Å². The maximum atomic E-state index is 11.8. The molecule has 0 aliphatic carbocycles. The van der Waals surface area contributed by atoms with Gasteiger partial charge in [-0.15, -0.1) is 0 Å². The lowest BCUT2D eigenvalue weighted by Crippen LogP contribution is -2.27. The molecule has 0 fully saturated rings. The van der Waals surface area contributed by atoms with Gasteiger partial charge in [-0.3, -0.25) is 4.79 Å². The number of aromatic hydroxyl groups is 1. The van der Waals surface area contributed by atoms with Crippen molar-refractivity contribution in [1.29, 1.82) is 0 Å². The molecule has 0 aromatic heterocycles. The highest BCUT2D eigenvalue weighted by Crippen LogP contribution is 2.31. The molecule has 0 heterocycles. The van der Waals surface area contributed by atoms with E-state index in [-0.39, 0.29) is 11.7 Å². The molecule has 16 heavy (non-hydrogen) atoms. The van der Waals surface area contributed by atoms with Gasteiger partial charge in [-0.1, -0.05) is 20.8 Å². The summed E-state index contributed by atoms with van der Waals surface area (Å²) in [6, 6.07) is 3.43. The van der Waals surface area contributed by atoms with Crippen LogP contribution in [0.15, 0.2) is 16.6 Å². The second kappa shape index (κ2) is 4.45. The molecule has 0 radical (unpaired) electrons. The van der Waals surface area contributed by atoms with Crippen molar-refractivity contribution < 1.29 is 9.90 Å². The predicted octanol–water partition coefficient (Wildman–Crippen LogP) is 3.45. The van der Waals surface area contributed by atoms with Gasteiger partial charge in [0.05, 0.1) is 4.47 Å². The minimum absolute atomic E-state index is 0.0514. The fourth-order valence-electron chi connectivity index (χ4n) is 1.13. The summed E-state index contributed by atoms with van der Waals surface area (Å²) in [7, 11) is 0. The molecule has 0 aliphatic heterocycles. The summed E-state index contributed by atoms with van der Waals surface area (Å²) in [6.07, 6.45) is 0. The second-order valence-corrected chi connectivity index (χ2v) is 5.68. The summed E-state index contributed by atoms with van der Waals surface area (Å²) < 4.78 is 0.580. The molecule has 3 nitrogen and oxygen atoms in total. The molecule has 1 aromatic rings. The number of rotatable bonds is 1. The number of aryl methyl sites for hydroxylation is 1. The lowest BCUT2D eigenvalue weighted by atomic mass is 9.95. The molecule has 0 spiro atoms. The van der Waals surface area contributed by atoms with Crippen molar-refractivity contribution >= 4 is 27.5 Å². The minimum Gasteiger partial charge on any atom is -0.506 e. The van der Waals surface area contributed by atoms with Gasteiger partial charge in [-0.05, 0) is 40.5 Å². The van der Waals surface area contributed by atoms with Crippen LogP contribution in [0.4, 0.5) is 5.69 Å². The molecule has 0 atom stereocenters. The molecule has 0 unspecified atom stereocenters. The normalized spacial score (nSPS) is 11.3. The Kier molecular flexibility index (Phi) is 3.63. The molecule has 0 bridgehead atoms. The molecule has 1 rings (SSSR count). The van der Waals surface area contributed by atoms with Gasteiger partial charge >= 0.3 is 0 Å². The van der Waals surface area contributed by atoms with E-state index in [0.717, 1.165) is 5.56 Å². The van der Waals surface area contributed by atoms with Crippen molar-refractivity contribution in [2.24, 2.45) is 5.41 Å². The number of halogens is 1. The molecular formula is C12H16BrNO2. The Hall–Kier alpha value is -1.03. The van der Waals surface area contributed by atoms with E-state index in [9.17, 15) is 9.90 Å². The number of carbonyl (C=O) groups is 1. The summed E-state index contributed by atoms with van der Waals surface area (Å²) in [4.78, 5) is 11.8. The Labute approximate surface area is 104 Å². The summed E-state index contributed by atoms with van der Waals surface area (Å²) in [5.41, 5.74) is 0.971. The van der Waals surface area contributed by atoms with E-state index < -0.39 is 5.41 Å². The van der Waals surface area contributed by atoms with Crippen molar-refractivity contribution in [1.82, 2.24) is 0 Å². The lowest BCUT2D eigenvalue weighted by molar-refractivity contribution is -0.123. The average molecular weight is 286 g/mol. The number of carbonyl (C=O) groups excluding carboxylic acids is 1. The van der Waals surface area contributed by atoms with Crippen LogP contribution in [0.5, 0.6) is 5.75 Å². The van der Waals surface area contributed by atoms with Crippen molar-refractivity contribution in [2.45, 2.75) is 27.7 Å². The average Bonchev–Trinajstić information content (AvgIpc) is 2.12. The zero-order chi connectivity index (χ0) is 12.5. The summed E-state index contributed by atoms with van der Waals surface area (Å²) in [6.45, 7) is 7.34. The van der Waals surface area contributed by atoms with Crippen LogP contribution in [-0.4, -0.2) is 11.0 Å². The third kappa shape index (κ3) is 2.98. The number of benzene rings is 1. The molecule has 1 aromatic carbocycles. The largest absolute Gasteiger partial charge is 0.506 e. The highest BCUT2D eigenvalue weighted by atomic mass is 79.9. The van der Waals surface area contributed by atoms with Gasteiger partial charge in [0.2, 0.25) is 5.91 Å². The summed E-state index contributed by atoms with van der Waals surface area (Å²) in [5, 5.41) is 12.4. The zero-order valence-electron chi connectivity index (χ0n) is 9.89. The smallest absolute Gasteiger partial charge is 0.229 e. The van der Waals surface area contributed by atoms with E-state index in [1.165, 1.54) is 0 Å². The van der Waals surface area contributed by atoms with E-state index in [1.54, 1.807) is 19.1 Å². The van der Waals surface area contributed by atoms with Crippen LogP contribution >= 0.6 is 15.9 Å². The van der Waals surface area contributed by atoms with Crippen LogP contribution in [-0.2, 0) is 4.79 Å². The topological polar surface area (TPSA) is 49.3 Å². The lowest BCUT2D eigenvalue weighted by Gasteiger charge is -2.18. The molecule has 2 N–H and O–H groups in total. The fourth-order valence-corrected chi connectivity index (χ4v) is 1.69. The maximum Gasteiger partial charge on any atom is 0.229 e. The Balaban J connectivity index is 2.96. The third-order valence-electron chi connectivity index (χ3n) is 2.19. The number of phenolic OH excluding ortho intramolecular Hbond substituents is 1. The van der Waals surface area contributed by atoms with E-state index in [2.05, 4.69) is 21.2 Å². The first kappa shape index (κ1) is 13.0. The number of amides is 1. The third-order valence-corrected chi connectivity index (χ3v) is 2.80. The first-order valence-corrected chi connectivity index (χ1v) is 5.81. The number of phenols is 1. The minimum atomic E-state index is -0.432. The van der Waals surface area contributed by atoms with Crippen LogP contribution in [0.25, 0.3) is 0 Å². The summed E-state index contributed by atoms with van der Waals surface area (Å²) >= 11 is 3.24. The second-order valence-electron chi connectivity index (χ2n) is 4.83. The number of anilines is 1. The molecule has 0 aliphatic rings. The van der Waals surface area contributed by atoms with Gasteiger partial charge < -0.3 is 10.4 Å². The number of hydrogen-bond acceptors (Lipinski definition) is 2. The zero-order valence-corrected chi connectivity index (χ0v) is 11.5. The number of hydrogen-bond donors (Lipinski definition) is 2. The van der Waals surface area contributed by atoms with Crippen molar-refractivity contribution in [3.05, 3.63) is 22.2 Å². The molecule has 0 saturated carbocycles. The van der Waals surface area contributed by atoms with E-state index >= 15 is 0 Å². The molecule has 0 saturated heterocycles. The monoisotopic (exact) mass is 285 g/mol. The van der Waals surface area contributed by atoms with Gasteiger partial charge in [-0.25, -0.2) is 0 Å². The van der Waals surface area contributed by atoms with Crippen LogP contribution in [0.3, 0.4) is 0 Å². The standard InChI is InChI=1S/C12H16BrNO2/c1-7-5-8(6-9(13)10(7)15)14-11(16)12(2,3)4/h5-6,15H,1-4H3,(H,14,16). The van der Waals surface area contributed by atoms with E-state index in [4.69, 9.17) is 0 Å². The van der Waals surface area contributed by atoms with E-state index in [1.807, 2.05) is 20.8 Å².